The van der Waals surface area contributed by atoms with Gasteiger partial charge < -0.3 is 10.5 Å². The molecule has 0 aliphatic heterocycles. The van der Waals surface area contributed by atoms with Crippen LogP contribution in [0.4, 0.5) is 0 Å². The maximum absolute atomic E-state index is 6.11. The summed E-state index contributed by atoms with van der Waals surface area (Å²) in [6.45, 7) is 5.01. The first-order valence-electron chi connectivity index (χ1n) is 8.07. The molecule has 1 saturated carbocycles. The summed E-state index contributed by atoms with van der Waals surface area (Å²) >= 11 is 6.11. The van der Waals surface area contributed by atoms with Gasteiger partial charge in [0.2, 0.25) is 0 Å². The van der Waals surface area contributed by atoms with E-state index in [-0.39, 0.29) is 0 Å². The van der Waals surface area contributed by atoms with Crippen molar-refractivity contribution in [1.29, 1.82) is 0 Å². The minimum Gasteiger partial charge on any atom is -0.491 e. The third-order valence-corrected chi connectivity index (χ3v) is 4.55. The molecule has 118 valence electrons. The van der Waals surface area contributed by atoms with Crippen LogP contribution in [0.5, 0.6) is 5.75 Å². The van der Waals surface area contributed by atoms with Crippen molar-refractivity contribution in [2.24, 2.45) is 5.73 Å². The smallest absolute Gasteiger partial charge is 0.137 e. The molecule has 0 spiro atoms. The molecule has 1 fully saturated rings. The van der Waals surface area contributed by atoms with Gasteiger partial charge in [0.15, 0.2) is 0 Å². The summed E-state index contributed by atoms with van der Waals surface area (Å²) in [5.41, 5.74) is 6.01. The van der Waals surface area contributed by atoms with E-state index in [0.717, 1.165) is 31.7 Å². The Morgan fingerprint density at radius 1 is 1.19 bits per heavy atom. The Labute approximate surface area is 133 Å². The van der Waals surface area contributed by atoms with E-state index in [4.69, 9.17) is 22.1 Å². The number of nitrogens with zero attached hydrogens (tertiary/aromatic N) is 1. The van der Waals surface area contributed by atoms with Crippen molar-refractivity contribution >= 4 is 11.6 Å². The van der Waals surface area contributed by atoms with Gasteiger partial charge in [-0.1, -0.05) is 30.7 Å². The molecule has 0 bridgehead atoms. The maximum Gasteiger partial charge on any atom is 0.137 e. The summed E-state index contributed by atoms with van der Waals surface area (Å²) in [6.07, 6.45) is 5.90. The van der Waals surface area contributed by atoms with Crippen LogP contribution in [0.2, 0.25) is 5.02 Å². The van der Waals surface area contributed by atoms with Gasteiger partial charge in [-0.25, -0.2) is 0 Å². The summed E-state index contributed by atoms with van der Waals surface area (Å²) in [4.78, 5) is 2.56. The minimum atomic E-state index is 0.407. The second kappa shape index (κ2) is 8.62. The van der Waals surface area contributed by atoms with E-state index in [0.29, 0.717) is 23.7 Å². The van der Waals surface area contributed by atoms with Gasteiger partial charge in [0.25, 0.3) is 0 Å². The topological polar surface area (TPSA) is 38.5 Å². The number of benzene rings is 1. The number of rotatable bonds is 7. The monoisotopic (exact) mass is 310 g/mol. The van der Waals surface area contributed by atoms with Crippen LogP contribution < -0.4 is 10.5 Å². The van der Waals surface area contributed by atoms with E-state index in [1.54, 1.807) is 0 Å². The molecule has 3 nitrogen and oxygen atoms in total. The molecule has 1 aromatic rings. The lowest BCUT2D eigenvalue weighted by Crippen LogP contribution is -2.43. The molecule has 4 heteroatoms. The number of hydrogen-bond acceptors (Lipinski definition) is 3. The summed E-state index contributed by atoms with van der Waals surface area (Å²) in [7, 11) is 0. The Kier molecular flexibility index (Phi) is 6.81. The van der Waals surface area contributed by atoms with Crippen molar-refractivity contribution in [3.8, 4) is 5.75 Å². The van der Waals surface area contributed by atoms with Gasteiger partial charge >= 0.3 is 0 Å². The van der Waals surface area contributed by atoms with Crippen LogP contribution in [-0.4, -0.2) is 36.7 Å². The lowest BCUT2D eigenvalue weighted by Gasteiger charge is -2.35. The highest BCUT2D eigenvalue weighted by atomic mass is 35.5. The lowest BCUT2D eigenvalue weighted by molar-refractivity contribution is 0.126. The zero-order chi connectivity index (χ0) is 15.1. The molecule has 2 rings (SSSR count). The highest BCUT2D eigenvalue weighted by Gasteiger charge is 2.23. The molecule has 1 aliphatic rings. The molecule has 1 aliphatic carbocycles. The standard InChI is InChI=1S/C17H27ClN2O/c1-2-11-20(15-9-7-14(19)8-10-15)12-13-21-17-6-4-3-5-16(17)18/h3-6,14-15H,2,7-13,19H2,1H3. The minimum absolute atomic E-state index is 0.407. The van der Waals surface area contributed by atoms with E-state index < -0.39 is 0 Å². The highest BCUT2D eigenvalue weighted by Crippen LogP contribution is 2.24. The fraction of sp³-hybridized carbons (Fsp3) is 0.647. The first kappa shape index (κ1) is 16.6. The SMILES string of the molecule is CCCN(CCOc1ccccc1Cl)C1CCC(N)CC1. The quantitative estimate of drug-likeness (QED) is 0.834. The Hall–Kier alpha value is -0.770. The molecular weight excluding hydrogens is 284 g/mol. The van der Waals surface area contributed by atoms with Gasteiger partial charge in [-0.3, -0.25) is 4.90 Å². The highest BCUT2D eigenvalue weighted by molar-refractivity contribution is 6.32. The predicted octanol–water partition coefficient (Wildman–Crippen LogP) is 3.70. The number of ether oxygens (including phenoxy) is 1. The van der Waals surface area contributed by atoms with Crippen LogP contribution in [0.15, 0.2) is 24.3 Å². The fourth-order valence-corrected chi connectivity index (χ4v) is 3.26. The van der Waals surface area contributed by atoms with Gasteiger partial charge in [0.05, 0.1) is 5.02 Å². The van der Waals surface area contributed by atoms with E-state index in [9.17, 15) is 0 Å². The van der Waals surface area contributed by atoms with Crippen molar-refractivity contribution in [3.63, 3.8) is 0 Å². The summed E-state index contributed by atoms with van der Waals surface area (Å²) in [5.74, 6) is 0.779. The van der Waals surface area contributed by atoms with Crippen LogP contribution >= 0.6 is 11.6 Å². The van der Waals surface area contributed by atoms with Crippen LogP contribution in [-0.2, 0) is 0 Å². The Balaban J connectivity index is 1.81. The number of halogens is 1. The number of nitrogens with two attached hydrogens (primary N) is 1. The predicted molar refractivity (Wildman–Crippen MR) is 89.0 cm³/mol. The van der Waals surface area contributed by atoms with Crippen LogP contribution in [0.1, 0.15) is 39.0 Å². The molecule has 2 N–H and O–H groups in total. The molecule has 0 unspecified atom stereocenters. The van der Waals surface area contributed by atoms with E-state index in [1.165, 1.54) is 19.3 Å². The van der Waals surface area contributed by atoms with Crippen LogP contribution in [0.3, 0.4) is 0 Å². The number of para-hydroxylation sites is 1. The molecule has 0 saturated heterocycles. The second-order valence-corrected chi connectivity index (χ2v) is 6.29. The van der Waals surface area contributed by atoms with Gasteiger partial charge in [0.1, 0.15) is 12.4 Å². The van der Waals surface area contributed by atoms with Crippen molar-refractivity contribution in [1.82, 2.24) is 4.90 Å². The van der Waals surface area contributed by atoms with E-state index in [1.807, 2.05) is 24.3 Å². The molecule has 1 aromatic carbocycles. The van der Waals surface area contributed by atoms with Crippen molar-refractivity contribution in [3.05, 3.63) is 29.3 Å². The number of hydrogen-bond donors (Lipinski definition) is 1. The van der Waals surface area contributed by atoms with Gasteiger partial charge in [-0.05, 0) is 50.8 Å². The maximum atomic E-state index is 6.11. The van der Waals surface area contributed by atoms with Crippen molar-refractivity contribution in [2.45, 2.75) is 51.1 Å². The summed E-state index contributed by atoms with van der Waals surface area (Å²) in [5, 5.41) is 0.684. The van der Waals surface area contributed by atoms with Gasteiger partial charge in [-0.2, -0.15) is 0 Å². The zero-order valence-corrected chi connectivity index (χ0v) is 13.7. The second-order valence-electron chi connectivity index (χ2n) is 5.88. The third kappa shape index (κ3) is 5.17. The molecule has 21 heavy (non-hydrogen) atoms. The average molecular weight is 311 g/mol. The van der Waals surface area contributed by atoms with Crippen molar-refractivity contribution in [2.75, 3.05) is 19.7 Å². The van der Waals surface area contributed by atoms with Crippen LogP contribution in [0, 0.1) is 0 Å². The Morgan fingerprint density at radius 2 is 1.90 bits per heavy atom. The Morgan fingerprint density at radius 3 is 2.57 bits per heavy atom. The molecule has 0 amide bonds. The summed E-state index contributed by atoms with van der Waals surface area (Å²) in [6, 6.07) is 8.73. The largest absolute Gasteiger partial charge is 0.491 e. The van der Waals surface area contributed by atoms with E-state index >= 15 is 0 Å². The average Bonchev–Trinajstić information content (AvgIpc) is 2.49. The van der Waals surface area contributed by atoms with Gasteiger partial charge in [-0.15, -0.1) is 0 Å². The third-order valence-electron chi connectivity index (χ3n) is 4.24. The molecule has 0 heterocycles. The first-order chi connectivity index (χ1) is 10.2. The van der Waals surface area contributed by atoms with Crippen LogP contribution in [0.25, 0.3) is 0 Å². The van der Waals surface area contributed by atoms with Crippen molar-refractivity contribution < 1.29 is 4.74 Å². The van der Waals surface area contributed by atoms with E-state index in [2.05, 4.69) is 11.8 Å². The van der Waals surface area contributed by atoms with Gasteiger partial charge in [0, 0.05) is 18.6 Å². The normalized spacial score (nSPS) is 22.5. The summed E-state index contributed by atoms with van der Waals surface area (Å²) < 4.78 is 5.83. The fourth-order valence-electron chi connectivity index (χ4n) is 3.07. The molecule has 0 radical (unpaired) electrons. The Bertz CT molecular complexity index is 419. The lowest BCUT2D eigenvalue weighted by atomic mass is 9.90. The zero-order valence-electron chi connectivity index (χ0n) is 12.9. The first-order valence-corrected chi connectivity index (χ1v) is 8.45. The molecule has 0 aromatic heterocycles. The molecular formula is C17H27ClN2O. The molecule has 0 atom stereocenters.